The Bertz CT molecular complexity index is 939. The van der Waals surface area contributed by atoms with Gasteiger partial charge in [-0.1, -0.05) is 44.4 Å². The average molecular weight is 455 g/mol. The molecule has 0 radical (unpaired) electrons. The van der Waals surface area contributed by atoms with Crippen molar-refractivity contribution in [3.05, 3.63) is 65.0 Å². The van der Waals surface area contributed by atoms with Gasteiger partial charge in [-0.15, -0.1) is 0 Å². The minimum absolute atomic E-state index is 0.133. The van der Waals surface area contributed by atoms with Crippen molar-refractivity contribution in [3.8, 4) is 5.75 Å². The van der Waals surface area contributed by atoms with Crippen LogP contribution in [-0.2, 0) is 16.1 Å². The number of rotatable bonds is 9. The number of halogens is 1. The van der Waals surface area contributed by atoms with Crippen LogP contribution in [0.3, 0.4) is 0 Å². The predicted octanol–water partition coefficient (Wildman–Crippen LogP) is 5.08. The molecule has 0 bridgehead atoms. The van der Waals surface area contributed by atoms with E-state index < -0.39 is 6.04 Å². The fourth-order valence-electron chi connectivity index (χ4n) is 4.28. The Labute approximate surface area is 196 Å². The summed E-state index contributed by atoms with van der Waals surface area (Å²) in [6, 6.07) is 11.3. The second-order valence-electron chi connectivity index (χ2n) is 8.95. The van der Waals surface area contributed by atoms with Crippen LogP contribution in [0.15, 0.2) is 42.5 Å². The minimum Gasteiger partial charge on any atom is -0.484 e. The van der Waals surface area contributed by atoms with Gasteiger partial charge >= 0.3 is 0 Å². The average Bonchev–Trinajstić information content (AvgIpc) is 2.81. The largest absolute Gasteiger partial charge is 0.484 e. The fourth-order valence-corrected chi connectivity index (χ4v) is 4.28. The lowest BCUT2D eigenvalue weighted by atomic mass is 9.95. The zero-order valence-electron chi connectivity index (χ0n) is 19.9. The minimum atomic E-state index is -0.618. The number of hydrogen-bond acceptors (Lipinski definition) is 3. The molecule has 33 heavy (non-hydrogen) atoms. The molecule has 1 N–H and O–H groups in total. The van der Waals surface area contributed by atoms with Crippen LogP contribution < -0.4 is 10.1 Å². The Morgan fingerprint density at radius 3 is 2.39 bits per heavy atom. The smallest absolute Gasteiger partial charge is 0.261 e. The van der Waals surface area contributed by atoms with Crippen LogP contribution >= 0.6 is 0 Å². The summed E-state index contributed by atoms with van der Waals surface area (Å²) < 4.78 is 19.2. The lowest BCUT2D eigenvalue weighted by Gasteiger charge is -2.32. The number of nitrogens with zero attached hydrogens (tertiary/aromatic N) is 1. The van der Waals surface area contributed by atoms with Crippen LogP contribution in [0.25, 0.3) is 0 Å². The summed E-state index contributed by atoms with van der Waals surface area (Å²) in [5.74, 6) is -0.126. The molecular formula is C27H35FN2O3. The summed E-state index contributed by atoms with van der Waals surface area (Å²) in [7, 11) is 0. The lowest BCUT2D eigenvalue weighted by molar-refractivity contribution is -0.143. The van der Waals surface area contributed by atoms with Gasteiger partial charge in [-0.05, 0) is 74.1 Å². The Morgan fingerprint density at radius 1 is 1.06 bits per heavy atom. The number of nitrogens with one attached hydrogen (secondary N) is 1. The molecule has 5 nitrogen and oxygen atoms in total. The first-order valence-corrected chi connectivity index (χ1v) is 11.9. The van der Waals surface area contributed by atoms with Crippen molar-refractivity contribution in [2.75, 3.05) is 6.61 Å². The second-order valence-corrected chi connectivity index (χ2v) is 8.95. The van der Waals surface area contributed by atoms with Crippen LogP contribution in [0.4, 0.5) is 4.39 Å². The van der Waals surface area contributed by atoms with Crippen LogP contribution in [0.5, 0.6) is 5.75 Å². The zero-order valence-corrected chi connectivity index (χ0v) is 19.9. The Morgan fingerprint density at radius 2 is 1.76 bits per heavy atom. The van der Waals surface area contributed by atoms with E-state index in [-0.39, 0.29) is 36.8 Å². The van der Waals surface area contributed by atoms with E-state index in [9.17, 15) is 14.0 Å². The molecule has 1 fully saturated rings. The standard InChI is InChI=1S/C27H35FN2O3/c1-4-25(27(32)29-23-8-6-5-7-9-23)30(17-21-11-13-22(28)14-12-21)26(31)18-33-24-15-10-19(2)20(3)16-24/h10-16,23,25H,4-9,17-18H2,1-3H3,(H,29,32)/t25-/m1/s1. The molecule has 2 aromatic carbocycles. The number of carbonyl (C=O) groups is 2. The molecule has 2 aromatic rings. The highest BCUT2D eigenvalue weighted by Crippen LogP contribution is 2.20. The maximum Gasteiger partial charge on any atom is 0.261 e. The van der Waals surface area contributed by atoms with Gasteiger partial charge in [0.25, 0.3) is 5.91 Å². The Hall–Kier alpha value is -2.89. The molecule has 1 saturated carbocycles. The van der Waals surface area contributed by atoms with Crippen molar-refractivity contribution < 1.29 is 18.7 Å². The van der Waals surface area contributed by atoms with E-state index in [4.69, 9.17) is 4.74 Å². The van der Waals surface area contributed by atoms with Gasteiger partial charge in [0.1, 0.15) is 17.6 Å². The van der Waals surface area contributed by atoms with Crippen molar-refractivity contribution >= 4 is 11.8 Å². The highest BCUT2D eigenvalue weighted by molar-refractivity contribution is 5.88. The molecule has 6 heteroatoms. The van der Waals surface area contributed by atoms with E-state index in [2.05, 4.69) is 5.32 Å². The molecule has 1 aliphatic carbocycles. The van der Waals surface area contributed by atoms with Gasteiger partial charge in [-0.3, -0.25) is 9.59 Å². The van der Waals surface area contributed by atoms with Gasteiger partial charge in [-0.25, -0.2) is 4.39 Å². The number of benzene rings is 2. The second kappa shape index (κ2) is 11.8. The molecule has 3 rings (SSSR count). The van der Waals surface area contributed by atoms with Gasteiger partial charge in [0, 0.05) is 12.6 Å². The van der Waals surface area contributed by atoms with E-state index in [1.807, 2.05) is 39.0 Å². The first-order chi connectivity index (χ1) is 15.9. The van der Waals surface area contributed by atoms with Gasteiger partial charge in [0.15, 0.2) is 6.61 Å². The van der Waals surface area contributed by atoms with E-state index in [0.29, 0.717) is 12.2 Å². The molecule has 0 saturated heterocycles. The van der Waals surface area contributed by atoms with Crippen molar-refractivity contribution in [3.63, 3.8) is 0 Å². The summed E-state index contributed by atoms with van der Waals surface area (Å²) in [6.07, 6.45) is 5.87. The molecular weight excluding hydrogens is 419 g/mol. The molecule has 0 aliphatic heterocycles. The van der Waals surface area contributed by atoms with Gasteiger partial charge in [0.05, 0.1) is 0 Å². The van der Waals surface area contributed by atoms with Crippen LogP contribution in [0, 0.1) is 19.7 Å². The van der Waals surface area contributed by atoms with Crippen LogP contribution in [0.2, 0.25) is 0 Å². The Kier molecular flexibility index (Phi) is 8.87. The van der Waals surface area contributed by atoms with Crippen molar-refractivity contribution in [2.45, 2.75) is 77.9 Å². The topological polar surface area (TPSA) is 58.6 Å². The fraction of sp³-hybridized carbons (Fsp3) is 0.481. The van der Waals surface area contributed by atoms with Gasteiger partial charge in [0.2, 0.25) is 5.91 Å². The van der Waals surface area contributed by atoms with E-state index in [1.54, 1.807) is 17.0 Å². The first-order valence-electron chi connectivity index (χ1n) is 11.9. The number of hydrogen-bond donors (Lipinski definition) is 1. The molecule has 0 aromatic heterocycles. The molecule has 2 amide bonds. The molecule has 0 heterocycles. The monoisotopic (exact) mass is 454 g/mol. The first kappa shape index (κ1) is 24.7. The summed E-state index contributed by atoms with van der Waals surface area (Å²) in [6.45, 7) is 5.96. The summed E-state index contributed by atoms with van der Waals surface area (Å²) >= 11 is 0. The predicted molar refractivity (Wildman–Crippen MR) is 127 cm³/mol. The third kappa shape index (κ3) is 7.04. The third-order valence-corrected chi connectivity index (χ3v) is 6.44. The van der Waals surface area contributed by atoms with Crippen molar-refractivity contribution in [1.29, 1.82) is 0 Å². The number of aryl methyl sites for hydroxylation is 2. The van der Waals surface area contributed by atoms with Crippen molar-refractivity contribution in [1.82, 2.24) is 10.2 Å². The highest BCUT2D eigenvalue weighted by atomic mass is 19.1. The third-order valence-electron chi connectivity index (χ3n) is 6.44. The SMILES string of the molecule is CC[C@H](C(=O)NC1CCCCC1)N(Cc1ccc(F)cc1)C(=O)COc1ccc(C)c(C)c1. The van der Waals surface area contributed by atoms with Gasteiger partial charge in [-0.2, -0.15) is 0 Å². The summed E-state index contributed by atoms with van der Waals surface area (Å²) in [5.41, 5.74) is 3.00. The molecule has 178 valence electrons. The quantitative estimate of drug-likeness (QED) is 0.575. The lowest BCUT2D eigenvalue weighted by Crippen LogP contribution is -2.52. The number of amides is 2. The zero-order chi connectivity index (χ0) is 23.8. The van der Waals surface area contributed by atoms with Crippen LogP contribution in [-0.4, -0.2) is 35.4 Å². The Balaban J connectivity index is 1.75. The summed E-state index contributed by atoms with van der Waals surface area (Å²) in [4.78, 5) is 28.0. The van der Waals surface area contributed by atoms with Crippen molar-refractivity contribution in [2.24, 2.45) is 0 Å². The van der Waals surface area contributed by atoms with E-state index in [1.165, 1.54) is 18.6 Å². The van der Waals surface area contributed by atoms with Crippen LogP contribution in [0.1, 0.15) is 62.1 Å². The summed E-state index contributed by atoms with van der Waals surface area (Å²) in [5, 5.41) is 3.15. The highest BCUT2D eigenvalue weighted by Gasteiger charge is 2.30. The molecule has 0 spiro atoms. The number of ether oxygens (including phenoxy) is 1. The maximum absolute atomic E-state index is 13.4. The maximum atomic E-state index is 13.4. The number of carbonyl (C=O) groups excluding carboxylic acids is 2. The van der Waals surface area contributed by atoms with E-state index >= 15 is 0 Å². The molecule has 1 aliphatic rings. The molecule has 0 unspecified atom stereocenters. The molecule has 1 atom stereocenters. The normalized spacial score (nSPS) is 15.0. The van der Waals surface area contributed by atoms with E-state index in [0.717, 1.165) is 42.4 Å². The van der Waals surface area contributed by atoms with Gasteiger partial charge < -0.3 is 15.0 Å².